The quantitative estimate of drug-likeness (QED) is 0.735. The average molecular weight is 201 g/mol. The molecular formula is C8H9ClN2O2. The van der Waals surface area contributed by atoms with Gasteiger partial charge in [-0.05, 0) is 19.1 Å². The molecule has 5 heteroatoms. The van der Waals surface area contributed by atoms with Crippen LogP contribution in [0.3, 0.4) is 0 Å². The Hall–Kier alpha value is -1.29. The minimum Gasteiger partial charge on any atom is -0.461 e. The van der Waals surface area contributed by atoms with Gasteiger partial charge in [-0.2, -0.15) is 0 Å². The van der Waals surface area contributed by atoms with Gasteiger partial charge in [0.1, 0.15) is 5.82 Å². The molecule has 0 aliphatic carbocycles. The van der Waals surface area contributed by atoms with Gasteiger partial charge in [0, 0.05) is 0 Å². The van der Waals surface area contributed by atoms with E-state index >= 15 is 0 Å². The van der Waals surface area contributed by atoms with Crippen LogP contribution in [0, 0.1) is 0 Å². The minimum absolute atomic E-state index is 0.0588. The predicted octanol–water partition coefficient (Wildman–Crippen LogP) is 1.49. The fourth-order valence-electron chi connectivity index (χ4n) is 0.800. The molecule has 0 aliphatic heterocycles. The molecule has 0 amide bonds. The number of nitrogens with two attached hydrogens (primary N) is 1. The van der Waals surface area contributed by atoms with Gasteiger partial charge >= 0.3 is 5.97 Å². The summed E-state index contributed by atoms with van der Waals surface area (Å²) in [6.07, 6.45) is 0. The van der Waals surface area contributed by atoms with E-state index in [1.807, 2.05) is 0 Å². The van der Waals surface area contributed by atoms with Crippen molar-refractivity contribution in [3.63, 3.8) is 0 Å². The van der Waals surface area contributed by atoms with Gasteiger partial charge in [0.25, 0.3) is 0 Å². The summed E-state index contributed by atoms with van der Waals surface area (Å²) in [5.74, 6) is -0.313. The van der Waals surface area contributed by atoms with Gasteiger partial charge in [0.05, 0.1) is 11.6 Å². The number of hydrogen-bond donors (Lipinski definition) is 1. The normalized spacial score (nSPS) is 9.69. The van der Waals surface area contributed by atoms with Gasteiger partial charge < -0.3 is 10.5 Å². The highest BCUT2D eigenvalue weighted by molar-refractivity contribution is 6.33. The van der Waals surface area contributed by atoms with Crippen molar-refractivity contribution in [1.82, 2.24) is 4.98 Å². The zero-order valence-electron chi connectivity index (χ0n) is 7.08. The van der Waals surface area contributed by atoms with Crippen LogP contribution < -0.4 is 5.73 Å². The molecule has 0 saturated heterocycles. The van der Waals surface area contributed by atoms with Crippen molar-refractivity contribution in [3.8, 4) is 0 Å². The first-order chi connectivity index (χ1) is 6.15. The lowest BCUT2D eigenvalue weighted by atomic mass is 10.3. The smallest absolute Gasteiger partial charge is 0.358 e. The molecule has 1 aromatic heterocycles. The number of rotatable bonds is 2. The number of ether oxygens (including phenoxy) is 1. The number of pyridine rings is 1. The van der Waals surface area contributed by atoms with Gasteiger partial charge in [0.2, 0.25) is 0 Å². The second-order valence-electron chi connectivity index (χ2n) is 2.29. The summed E-state index contributed by atoms with van der Waals surface area (Å²) in [7, 11) is 0. The van der Waals surface area contributed by atoms with Crippen LogP contribution in [0.1, 0.15) is 17.4 Å². The van der Waals surface area contributed by atoms with Crippen LogP contribution in [-0.4, -0.2) is 17.6 Å². The van der Waals surface area contributed by atoms with Crippen molar-refractivity contribution in [2.24, 2.45) is 0 Å². The van der Waals surface area contributed by atoms with E-state index in [1.54, 1.807) is 6.92 Å². The molecule has 0 atom stereocenters. The van der Waals surface area contributed by atoms with Crippen LogP contribution >= 0.6 is 11.6 Å². The fourth-order valence-corrected chi connectivity index (χ4v) is 0.982. The van der Waals surface area contributed by atoms with Gasteiger partial charge in [-0.1, -0.05) is 11.6 Å². The lowest BCUT2D eigenvalue weighted by molar-refractivity contribution is 0.0520. The lowest BCUT2D eigenvalue weighted by Gasteiger charge is -2.03. The monoisotopic (exact) mass is 200 g/mol. The molecule has 1 rings (SSSR count). The third-order valence-electron chi connectivity index (χ3n) is 1.34. The molecule has 1 aromatic rings. The van der Waals surface area contributed by atoms with Crippen LogP contribution in [-0.2, 0) is 4.74 Å². The van der Waals surface area contributed by atoms with E-state index in [4.69, 9.17) is 22.1 Å². The molecule has 0 spiro atoms. The van der Waals surface area contributed by atoms with Crippen LogP contribution in [0.15, 0.2) is 12.1 Å². The number of hydrogen-bond acceptors (Lipinski definition) is 4. The number of aromatic nitrogens is 1. The van der Waals surface area contributed by atoms with E-state index in [0.717, 1.165) is 0 Å². The molecule has 0 aromatic carbocycles. The molecule has 4 nitrogen and oxygen atoms in total. The molecule has 2 N–H and O–H groups in total. The number of esters is 1. The lowest BCUT2D eigenvalue weighted by Crippen LogP contribution is -2.09. The SMILES string of the molecule is CCOC(=O)c1nc(N)ccc1Cl. The number of halogens is 1. The summed E-state index contributed by atoms with van der Waals surface area (Å²) < 4.78 is 4.72. The maximum absolute atomic E-state index is 11.2. The number of nitrogen functional groups attached to an aromatic ring is 1. The first-order valence-electron chi connectivity index (χ1n) is 3.74. The first-order valence-corrected chi connectivity index (χ1v) is 4.12. The number of anilines is 1. The third kappa shape index (κ3) is 2.32. The Morgan fingerprint density at radius 1 is 1.69 bits per heavy atom. The summed E-state index contributed by atoms with van der Waals surface area (Å²) in [5.41, 5.74) is 5.44. The minimum atomic E-state index is -0.556. The van der Waals surface area contributed by atoms with E-state index in [2.05, 4.69) is 4.98 Å². The van der Waals surface area contributed by atoms with Crippen molar-refractivity contribution in [1.29, 1.82) is 0 Å². The van der Waals surface area contributed by atoms with Gasteiger partial charge in [-0.25, -0.2) is 9.78 Å². The van der Waals surface area contributed by atoms with Crippen molar-refractivity contribution in [2.75, 3.05) is 12.3 Å². The Kier molecular flexibility index (Phi) is 3.08. The Bertz CT molecular complexity index is 328. The van der Waals surface area contributed by atoms with Crippen molar-refractivity contribution >= 4 is 23.4 Å². The zero-order valence-corrected chi connectivity index (χ0v) is 7.84. The Labute approximate surface area is 80.7 Å². The molecule has 0 unspecified atom stereocenters. The van der Waals surface area contributed by atoms with Crippen LogP contribution in [0.5, 0.6) is 0 Å². The standard InChI is InChI=1S/C8H9ClN2O2/c1-2-13-8(12)7-5(9)3-4-6(10)11-7/h3-4H,2H2,1H3,(H2,10,11). The average Bonchev–Trinajstić information content (AvgIpc) is 2.09. The van der Waals surface area contributed by atoms with Crippen LogP contribution in [0.25, 0.3) is 0 Å². The highest BCUT2D eigenvalue weighted by atomic mass is 35.5. The van der Waals surface area contributed by atoms with Crippen molar-refractivity contribution < 1.29 is 9.53 Å². The third-order valence-corrected chi connectivity index (χ3v) is 1.64. The molecule has 1 heterocycles. The van der Waals surface area contributed by atoms with Gasteiger partial charge in [-0.3, -0.25) is 0 Å². The van der Waals surface area contributed by atoms with Gasteiger partial charge in [0.15, 0.2) is 5.69 Å². The highest BCUT2D eigenvalue weighted by Crippen LogP contribution is 2.15. The number of nitrogens with zero attached hydrogens (tertiary/aromatic N) is 1. The first kappa shape index (κ1) is 9.80. The van der Waals surface area contributed by atoms with E-state index in [9.17, 15) is 4.79 Å². The fraction of sp³-hybridized carbons (Fsp3) is 0.250. The van der Waals surface area contributed by atoms with E-state index in [0.29, 0.717) is 0 Å². The van der Waals surface area contributed by atoms with Gasteiger partial charge in [-0.15, -0.1) is 0 Å². The summed E-state index contributed by atoms with van der Waals surface area (Å²) in [5, 5.41) is 0.243. The molecule has 0 bridgehead atoms. The zero-order chi connectivity index (χ0) is 9.84. The molecule has 0 radical (unpaired) electrons. The summed E-state index contributed by atoms with van der Waals surface area (Å²) in [4.78, 5) is 15.0. The van der Waals surface area contributed by atoms with Crippen LogP contribution in [0.2, 0.25) is 5.02 Å². The van der Waals surface area contributed by atoms with Crippen LogP contribution in [0.4, 0.5) is 5.82 Å². The maximum Gasteiger partial charge on any atom is 0.358 e. The molecule has 70 valence electrons. The maximum atomic E-state index is 11.2. The molecule has 0 fully saturated rings. The van der Waals surface area contributed by atoms with Crippen molar-refractivity contribution in [3.05, 3.63) is 22.8 Å². The second kappa shape index (κ2) is 4.09. The highest BCUT2D eigenvalue weighted by Gasteiger charge is 2.12. The molecular weight excluding hydrogens is 192 g/mol. The summed E-state index contributed by atoms with van der Waals surface area (Å²) in [6.45, 7) is 1.99. The molecule has 13 heavy (non-hydrogen) atoms. The number of carbonyl (C=O) groups is 1. The Morgan fingerprint density at radius 3 is 3.00 bits per heavy atom. The van der Waals surface area contributed by atoms with E-state index in [-0.39, 0.29) is 23.1 Å². The second-order valence-corrected chi connectivity index (χ2v) is 2.69. The number of carbonyl (C=O) groups excluding carboxylic acids is 1. The summed E-state index contributed by atoms with van der Waals surface area (Å²) in [6, 6.07) is 3.03. The predicted molar refractivity (Wildman–Crippen MR) is 49.6 cm³/mol. The van der Waals surface area contributed by atoms with E-state index in [1.165, 1.54) is 12.1 Å². The van der Waals surface area contributed by atoms with Crippen molar-refractivity contribution in [2.45, 2.75) is 6.92 Å². The molecule has 0 saturated carbocycles. The molecule has 0 aliphatic rings. The Morgan fingerprint density at radius 2 is 2.38 bits per heavy atom. The van der Waals surface area contributed by atoms with E-state index < -0.39 is 5.97 Å². The largest absolute Gasteiger partial charge is 0.461 e. The summed E-state index contributed by atoms with van der Waals surface area (Å²) >= 11 is 5.71. The Balaban J connectivity index is 2.99. The topological polar surface area (TPSA) is 65.2 Å².